The van der Waals surface area contributed by atoms with Crippen molar-refractivity contribution in [3.63, 3.8) is 0 Å². The molecule has 1 rings (SSSR count). The highest BCUT2D eigenvalue weighted by Gasteiger charge is 2.26. The van der Waals surface area contributed by atoms with E-state index in [-0.39, 0.29) is 5.91 Å². The largest absolute Gasteiger partial charge is 0.350 e. The van der Waals surface area contributed by atoms with Crippen molar-refractivity contribution in [2.75, 3.05) is 14.1 Å². The van der Waals surface area contributed by atoms with Crippen molar-refractivity contribution in [2.24, 2.45) is 5.73 Å². The van der Waals surface area contributed by atoms with Gasteiger partial charge >= 0.3 is 0 Å². The first-order valence-corrected chi connectivity index (χ1v) is 7.15. The molecule has 20 heavy (non-hydrogen) atoms. The molecule has 0 saturated heterocycles. The summed E-state index contributed by atoms with van der Waals surface area (Å²) in [6, 6.07) is 8.25. The van der Waals surface area contributed by atoms with E-state index < -0.39 is 5.54 Å². The highest BCUT2D eigenvalue weighted by Crippen LogP contribution is 2.10. The third-order valence-corrected chi connectivity index (χ3v) is 3.23. The molecule has 0 fully saturated rings. The summed E-state index contributed by atoms with van der Waals surface area (Å²) in [5.74, 6) is -0.0858. The maximum absolute atomic E-state index is 12.0. The van der Waals surface area contributed by atoms with Crippen molar-refractivity contribution in [3.05, 3.63) is 35.4 Å². The Morgan fingerprint density at radius 2 is 2.00 bits per heavy atom. The summed E-state index contributed by atoms with van der Waals surface area (Å²) in [4.78, 5) is 14.2. The predicted octanol–water partition coefficient (Wildman–Crippen LogP) is 1.88. The van der Waals surface area contributed by atoms with Crippen molar-refractivity contribution in [3.8, 4) is 0 Å². The Labute approximate surface area is 122 Å². The van der Waals surface area contributed by atoms with Crippen LogP contribution in [0.2, 0.25) is 0 Å². The number of carbonyl (C=O) groups is 1. The van der Waals surface area contributed by atoms with Crippen molar-refractivity contribution in [1.82, 2.24) is 10.2 Å². The number of nitrogens with zero attached hydrogens (tertiary/aromatic N) is 1. The van der Waals surface area contributed by atoms with Crippen molar-refractivity contribution < 1.29 is 4.79 Å². The monoisotopic (exact) mass is 277 g/mol. The third-order valence-electron chi connectivity index (χ3n) is 3.23. The lowest BCUT2D eigenvalue weighted by Gasteiger charge is -2.23. The van der Waals surface area contributed by atoms with Gasteiger partial charge in [-0.2, -0.15) is 0 Å². The molecular weight excluding hydrogens is 250 g/mol. The molecule has 1 aromatic carbocycles. The van der Waals surface area contributed by atoms with E-state index in [0.717, 1.165) is 18.5 Å². The minimum absolute atomic E-state index is 0.0858. The van der Waals surface area contributed by atoms with Gasteiger partial charge in [0.1, 0.15) is 0 Å². The molecule has 1 aromatic rings. The number of hydrogen-bond donors (Lipinski definition) is 2. The first-order valence-electron chi connectivity index (χ1n) is 7.15. The Bertz CT molecular complexity index is 441. The van der Waals surface area contributed by atoms with Crippen LogP contribution in [0.25, 0.3) is 0 Å². The second-order valence-electron chi connectivity index (χ2n) is 5.91. The van der Waals surface area contributed by atoms with Gasteiger partial charge in [0.25, 0.3) is 0 Å². The predicted molar refractivity (Wildman–Crippen MR) is 83.2 cm³/mol. The fraction of sp³-hybridized carbons (Fsp3) is 0.562. The molecule has 0 saturated carbocycles. The summed E-state index contributed by atoms with van der Waals surface area (Å²) in [5, 5.41) is 2.93. The molecule has 0 aliphatic carbocycles. The van der Waals surface area contributed by atoms with Crippen LogP contribution in [0.5, 0.6) is 0 Å². The van der Waals surface area contributed by atoms with Gasteiger partial charge in [0.2, 0.25) is 5.91 Å². The highest BCUT2D eigenvalue weighted by molar-refractivity contribution is 5.85. The molecule has 0 aromatic heterocycles. The molecule has 4 nitrogen and oxygen atoms in total. The second-order valence-corrected chi connectivity index (χ2v) is 5.91. The Balaban J connectivity index is 2.59. The smallest absolute Gasteiger partial charge is 0.240 e. The Morgan fingerprint density at radius 1 is 1.35 bits per heavy atom. The fourth-order valence-corrected chi connectivity index (χ4v) is 2.22. The lowest BCUT2D eigenvalue weighted by molar-refractivity contribution is -0.126. The number of amides is 1. The van der Waals surface area contributed by atoms with E-state index in [2.05, 4.69) is 22.3 Å². The number of nitrogens with two attached hydrogens (primary N) is 1. The first-order chi connectivity index (χ1) is 9.35. The number of benzene rings is 1. The fourth-order valence-electron chi connectivity index (χ4n) is 2.22. The molecule has 1 atom stereocenters. The minimum Gasteiger partial charge on any atom is -0.350 e. The van der Waals surface area contributed by atoms with Crippen LogP contribution in [-0.2, 0) is 17.9 Å². The topological polar surface area (TPSA) is 58.4 Å². The van der Waals surface area contributed by atoms with Crippen LogP contribution in [0.1, 0.15) is 37.8 Å². The summed E-state index contributed by atoms with van der Waals surface area (Å²) in [5.41, 5.74) is 7.57. The summed E-state index contributed by atoms with van der Waals surface area (Å²) in [6.45, 7) is 5.24. The van der Waals surface area contributed by atoms with Gasteiger partial charge in [0.15, 0.2) is 0 Å². The molecule has 0 radical (unpaired) electrons. The van der Waals surface area contributed by atoms with Gasteiger partial charge < -0.3 is 16.0 Å². The number of rotatable bonds is 7. The zero-order valence-corrected chi connectivity index (χ0v) is 13.1. The van der Waals surface area contributed by atoms with Crippen LogP contribution < -0.4 is 11.1 Å². The summed E-state index contributed by atoms with van der Waals surface area (Å²) >= 11 is 0. The highest BCUT2D eigenvalue weighted by atomic mass is 16.2. The van der Waals surface area contributed by atoms with Crippen molar-refractivity contribution >= 4 is 5.91 Å². The van der Waals surface area contributed by atoms with Crippen LogP contribution in [0, 0.1) is 0 Å². The second kappa shape index (κ2) is 7.41. The van der Waals surface area contributed by atoms with E-state index >= 15 is 0 Å². The van der Waals surface area contributed by atoms with E-state index in [1.165, 1.54) is 5.56 Å². The Kier molecular flexibility index (Phi) is 6.17. The van der Waals surface area contributed by atoms with E-state index in [0.29, 0.717) is 13.0 Å². The van der Waals surface area contributed by atoms with Gasteiger partial charge in [-0.1, -0.05) is 37.6 Å². The van der Waals surface area contributed by atoms with Gasteiger partial charge in [0, 0.05) is 13.1 Å². The molecular formula is C16H27N3O. The van der Waals surface area contributed by atoms with Gasteiger partial charge in [-0.3, -0.25) is 4.79 Å². The Hall–Kier alpha value is -1.39. The van der Waals surface area contributed by atoms with Gasteiger partial charge in [-0.15, -0.1) is 0 Å². The van der Waals surface area contributed by atoms with Crippen LogP contribution in [0.3, 0.4) is 0 Å². The molecule has 4 heteroatoms. The van der Waals surface area contributed by atoms with Crippen molar-refractivity contribution in [1.29, 1.82) is 0 Å². The van der Waals surface area contributed by atoms with Crippen LogP contribution in [-0.4, -0.2) is 30.4 Å². The molecule has 112 valence electrons. The standard InChI is InChI=1S/C16H27N3O/c1-5-9-16(2,17)15(20)18-11-13-7-6-8-14(10-13)12-19(3)4/h6-8,10H,5,9,11-12,17H2,1-4H3,(H,18,20). The van der Waals surface area contributed by atoms with Gasteiger partial charge in [0.05, 0.1) is 5.54 Å². The lowest BCUT2D eigenvalue weighted by atomic mass is 9.96. The molecule has 0 aliphatic heterocycles. The maximum Gasteiger partial charge on any atom is 0.240 e. The van der Waals surface area contributed by atoms with Crippen molar-refractivity contribution in [2.45, 2.75) is 45.3 Å². The van der Waals surface area contributed by atoms with E-state index in [4.69, 9.17) is 5.73 Å². The molecule has 0 heterocycles. The normalized spacial score (nSPS) is 14.1. The molecule has 0 aliphatic rings. The van der Waals surface area contributed by atoms with E-state index in [1.54, 1.807) is 6.92 Å². The lowest BCUT2D eigenvalue weighted by Crippen LogP contribution is -2.51. The summed E-state index contributed by atoms with van der Waals surface area (Å²) in [7, 11) is 4.08. The molecule has 0 bridgehead atoms. The van der Waals surface area contributed by atoms with Gasteiger partial charge in [-0.05, 0) is 38.6 Å². The molecule has 0 spiro atoms. The van der Waals surface area contributed by atoms with Crippen LogP contribution in [0.15, 0.2) is 24.3 Å². The zero-order valence-electron chi connectivity index (χ0n) is 13.1. The number of carbonyl (C=O) groups excluding carboxylic acids is 1. The van der Waals surface area contributed by atoms with Crippen LogP contribution >= 0.6 is 0 Å². The summed E-state index contributed by atoms with van der Waals surface area (Å²) in [6.07, 6.45) is 1.60. The van der Waals surface area contributed by atoms with Gasteiger partial charge in [-0.25, -0.2) is 0 Å². The Morgan fingerprint density at radius 3 is 2.60 bits per heavy atom. The summed E-state index contributed by atoms with van der Waals surface area (Å²) < 4.78 is 0. The van der Waals surface area contributed by atoms with E-state index in [1.807, 2.05) is 33.2 Å². The number of nitrogens with one attached hydrogen (secondary N) is 1. The molecule has 1 amide bonds. The molecule has 3 N–H and O–H groups in total. The quantitative estimate of drug-likeness (QED) is 0.800. The third kappa shape index (κ3) is 5.31. The number of hydrogen-bond acceptors (Lipinski definition) is 3. The minimum atomic E-state index is -0.782. The average Bonchev–Trinajstić information content (AvgIpc) is 2.35. The van der Waals surface area contributed by atoms with E-state index in [9.17, 15) is 4.79 Å². The van der Waals surface area contributed by atoms with Crippen LogP contribution in [0.4, 0.5) is 0 Å². The average molecular weight is 277 g/mol. The maximum atomic E-state index is 12.0. The zero-order chi connectivity index (χ0) is 15.2. The first kappa shape index (κ1) is 16.7. The SMILES string of the molecule is CCCC(C)(N)C(=O)NCc1cccc(CN(C)C)c1. The molecule has 1 unspecified atom stereocenters.